The van der Waals surface area contributed by atoms with Crippen molar-refractivity contribution in [2.45, 2.75) is 26.9 Å². The number of rotatable bonds is 6. The molecule has 1 saturated carbocycles. The molecule has 0 amide bonds. The minimum atomic E-state index is -0.835. The number of para-hydroxylation sites is 1. The fourth-order valence-electron chi connectivity index (χ4n) is 3.54. The molecular weight excluding hydrogens is 374 g/mol. The van der Waals surface area contributed by atoms with Gasteiger partial charge in [0.25, 0.3) is 0 Å². The van der Waals surface area contributed by atoms with Gasteiger partial charge in [-0.1, -0.05) is 55.8 Å². The first-order valence-electron chi connectivity index (χ1n) is 9.10. The molecule has 0 saturated heterocycles. The van der Waals surface area contributed by atoms with E-state index in [1.165, 1.54) is 0 Å². The number of halogens is 1. The fraction of sp³-hybridized carbons (Fsp3) is 0.304. The van der Waals surface area contributed by atoms with E-state index in [1.807, 2.05) is 50.3 Å². The predicted molar refractivity (Wildman–Crippen MR) is 108 cm³/mol. The molecule has 2 aromatic carbocycles. The Hall–Kier alpha value is -2.77. The zero-order chi connectivity index (χ0) is 20.3. The average molecular weight is 396 g/mol. The third kappa shape index (κ3) is 4.37. The number of carbonyl (C=O) groups is 1. The SMILES string of the molecule is C/C(Cl)=C/C1C(C(C#N)OC(=O)c2cccc(Oc3ccccc3)c2)C1(C)C. The summed E-state index contributed by atoms with van der Waals surface area (Å²) in [6.45, 7) is 5.90. The van der Waals surface area contributed by atoms with Gasteiger partial charge in [0.1, 0.15) is 17.6 Å². The van der Waals surface area contributed by atoms with Gasteiger partial charge in [0.2, 0.25) is 0 Å². The number of benzene rings is 2. The van der Waals surface area contributed by atoms with Gasteiger partial charge in [-0.05, 0) is 48.6 Å². The highest BCUT2D eigenvalue weighted by Gasteiger charge is 2.61. The van der Waals surface area contributed by atoms with Crippen LogP contribution < -0.4 is 4.74 Å². The molecule has 1 aliphatic rings. The lowest BCUT2D eigenvalue weighted by atomic mass is 10.1. The van der Waals surface area contributed by atoms with E-state index >= 15 is 0 Å². The molecule has 0 aromatic heterocycles. The Bertz CT molecular complexity index is 926. The molecule has 4 nitrogen and oxygen atoms in total. The zero-order valence-corrected chi connectivity index (χ0v) is 16.8. The van der Waals surface area contributed by atoms with E-state index < -0.39 is 12.1 Å². The number of allylic oxidation sites excluding steroid dienone is 2. The molecule has 5 heteroatoms. The quantitative estimate of drug-likeness (QED) is 0.567. The second-order valence-electron chi connectivity index (χ2n) is 7.52. The number of hydrogen-bond acceptors (Lipinski definition) is 4. The summed E-state index contributed by atoms with van der Waals surface area (Å²) in [6, 6.07) is 18.2. The van der Waals surface area contributed by atoms with Gasteiger partial charge in [-0.15, -0.1) is 0 Å². The standard InChI is InChI=1S/C23H22ClNO3/c1-15(24)12-19-21(23(19,2)3)20(14-25)28-22(26)16-8-7-11-18(13-16)27-17-9-5-4-6-10-17/h4-13,19-21H,1-3H3/b15-12-. The van der Waals surface area contributed by atoms with Gasteiger partial charge in [0, 0.05) is 11.0 Å². The van der Waals surface area contributed by atoms with Gasteiger partial charge in [0.15, 0.2) is 6.10 Å². The number of nitrogens with zero attached hydrogens (tertiary/aromatic N) is 1. The van der Waals surface area contributed by atoms with Crippen LogP contribution in [0.3, 0.4) is 0 Å². The highest BCUT2D eigenvalue weighted by molar-refractivity contribution is 6.29. The third-order valence-electron chi connectivity index (χ3n) is 5.14. The molecule has 28 heavy (non-hydrogen) atoms. The predicted octanol–water partition coefficient (Wildman–Crippen LogP) is 5.94. The van der Waals surface area contributed by atoms with E-state index in [2.05, 4.69) is 6.07 Å². The number of hydrogen-bond donors (Lipinski definition) is 0. The Balaban J connectivity index is 1.71. The summed E-state index contributed by atoms with van der Waals surface area (Å²) in [6.07, 6.45) is 1.09. The van der Waals surface area contributed by atoms with Crippen molar-refractivity contribution in [3.05, 3.63) is 71.3 Å². The van der Waals surface area contributed by atoms with Crippen molar-refractivity contribution < 1.29 is 14.3 Å². The van der Waals surface area contributed by atoms with Gasteiger partial charge in [0.05, 0.1) is 5.56 Å². The summed E-state index contributed by atoms with van der Waals surface area (Å²) in [7, 11) is 0. The Morgan fingerprint density at radius 2 is 1.86 bits per heavy atom. The van der Waals surface area contributed by atoms with E-state index in [9.17, 15) is 10.1 Å². The zero-order valence-electron chi connectivity index (χ0n) is 16.1. The highest BCUT2D eigenvalue weighted by Crippen LogP contribution is 2.61. The molecular formula is C23H22ClNO3. The van der Waals surface area contributed by atoms with Crippen LogP contribution in [0.4, 0.5) is 0 Å². The van der Waals surface area contributed by atoms with Crippen LogP contribution >= 0.6 is 11.6 Å². The first-order valence-corrected chi connectivity index (χ1v) is 9.48. The van der Waals surface area contributed by atoms with Crippen molar-refractivity contribution in [1.29, 1.82) is 5.26 Å². The first-order chi connectivity index (χ1) is 13.3. The summed E-state index contributed by atoms with van der Waals surface area (Å²) < 4.78 is 11.3. The molecule has 2 aromatic rings. The molecule has 3 unspecified atom stereocenters. The first kappa shape index (κ1) is 20.0. The van der Waals surface area contributed by atoms with E-state index in [0.29, 0.717) is 22.1 Å². The molecule has 3 atom stereocenters. The van der Waals surface area contributed by atoms with Crippen LogP contribution in [0, 0.1) is 28.6 Å². The molecule has 0 bridgehead atoms. The lowest BCUT2D eigenvalue weighted by molar-refractivity contribution is 0.0345. The largest absolute Gasteiger partial charge is 0.457 e. The Morgan fingerprint density at radius 1 is 1.18 bits per heavy atom. The second-order valence-corrected chi connectivity index (χ2v) is 8.12. The van der Waals surface area contributed by atoms with Crippen LogP contribution in [0.1, 0.15) is 31.1 Å². The maximum atomic E-state index is 12.6. The summed E-state index contributed by atoms with van der Waals surface area (Å²) in [5.74, 6) is 0.681. The summed E-state index contributed by atoms with van der Waals surface area (Å²) >= 11 is 6.00. The van der Waals surface area contributed by atoms with E-state index in [0.717, 1.165) is 0 Å². The van der Waals surface area contributed by atoms with E-state index in [1.54, 1.807) is 31.2 Å². The van der Waals surface area contributed by atoms with E-state index in [4.69, 9.17) is 21.1 Å². The Kier molecular flexibility index (Phi) is 5.76. The lowest BCUT2D eigenvalue weighted by Crippen LogP contribution is -2.21. The lowest BCUT2D eigenvalue weighted by Gasteiger charge is -2.13. The Morgan fingerprint density at radius 3 is 2.50 bits per heavy atom. The van der Waals surface area contributed by atoms with Crippen molar-refractivity contribution in [1.82, 2.24) is 0 Å². The van der Waals surface area contributed by atoms with Gasteiger partial charge >= 0.3 is 5.97 Å². The molecule has 144 valence electrons. The second kappa shape index (κ2) is 8.08. The maximum absolute atomic E-state index is 12.6. The summed E-state index contributed by atoms with van der Waals surface area (Å²) in [4.78, 5) is 12.6. The number of ether oxygens (including phenoxy) is 2. The van der Waals surface area contributed by atoms with Crippen molar-refractivity contribution in [2.24, 2.45) is 17.3 Å². The van der Waals surface area contributed by atoms with Crippen LogP contribution in [0.25, 0.3) is 0 Å². The van der Waals surface area contributed by atoms with Crippen LogP contribution in [-0.2, 0) is 4.74 Å². The maximum Gasteiger partial charge on any atom is 0.339 e. The van der Waals surface area contributed by atoms with Crippen molar-refractivity contribution in [3.63, 3.8) is 0 Å². The topological polar surface area (TPSA) is 59.3 Å². The van der Waals surface area contributed by atoms with Crippen LogP contribution in [0.2, 0.25) is 0 Å². The van der Waals surface area contributed by atoms with Crippen molar-refractivity contribution in [2.75, 3.05) is 0 Å². The molecule has 0 heterocycles. The Labute approximate surface area is 170 Å². The minimum Gasteiger partial charge on any atom is -0.457 e. The highest BCUT2D eigenvalue weighted by atomic mass is 35.5. The summed E-state index contributed by atoms with van der Waals surface area (Å²) in [5.41, 5.74) is 0.197. The summed E-state index contributed by atoms with van der Waals surface area (Å²) in [5, 5.41) is 10.2. The molecule has 1 fully saturated rings. The van der Waals surface area contributed by atoms with Crippen LogP contribution in [-0.4, -0.2) is 12.1 Å². The molecule has 1 aliphatic carbocycles. The number of nitriles is 1. The van der Waals surface area contributed by atoms with Crippen molar-refractivity contribution >= 4 is 17.6 Å². The van der Waals surface area contributed by atoms with Gasteiger partial charge in [-0.2, -0.15) is 5.26 Å². The molecule has 0 spiro atoms. The monoisotopic (exact) mass is 395 g/mol. The van der Waals surface area contributed by atoms with Gasteiger partial charge < -0.3 is 9.47 Å². The van der Waals surface area contributed by atoms with Crippen molar-refractivity contribution in [3.8, 4) is 17.6 Å². The molecule has 0 radical (unpaired) electrons. The number of esters is 1. The smallest absolute Gasteiger partial charge is 0.339 e. The normalized spacial score (nSPS) is 21.3. The average Bonchev–Trinajstić information content (AvgIpc) is 3.19. The van der Waals surface area contributed by atoms with Crippen LogP contribution in [0.5, 0.6) is 11.5 Å². The van der Waals surface area contributed by atoms with Gasteiger partial charge in [-0.3, -0.25) is 0 Å². The third-order valence-corrected chi connectivity index (χ3v) is 5.27. The van der Waals surface area contributed by atoms with Gasteiger partial charge in [-0.25, -0.2) is 4.79 Å². The molecule has 0 N–H and O–H groups in total. The van der Waals surface area contributed by atoms with Crippen LogP contribution in [0.15, 0.2) is 65.7 Å². The molecule has 0 aliphatic heterocycles. The fourth-order valence-corrected chi connectivity index (χ4v) is 3.67. The minimum absolute atomic E-state index is 0.0844. The molecule has 3 rings (SSSR count). The number of carbonyl (C=O) groups excluding carboxylic acids is 1. The van der Waals surface area contributed by atoms with E-state index in [-0.39, 0.29) is 17.3 Å².